The van der Waals surface area contributed by atoms with Gasteiger partial charge in [0.25, 0.3) is 0 Å². The van der Waals surface area contributed by atoms with Gasteiger partial charge in [-0.2, -0.15) is 0 Å². The normalized spacial score (nSPS) is 18.1. The van der Waals surface area contributed by atoms with Crippen molar-refractivity contribution in [2.45, 2.75) is 6.92 Å². The van der Waals surface area contributed by atoms with Crippen molar-refractivity contribution >= 4 is 83.9 Å². The van der Waals surface area contributed by atoms with E-state index in [0.29, 0.717) is 0 Å². The molecule has 0 aliphatic rings. The Balaban J connectivity index is 4.79. The predicted octanol–water partition coefficient (Wildman–Crippen LogP) is 6.51. The van der Waals surface area contributed by atoms with Gasteiger partial charge >= 0.3 is 106 Å². The zero-order valence-electron chi connectivity index (χ0n) is 5.83. The maximum absolute atomic E-state index is 5.71. The van der Waals surface area contributed by atoms with E-state index in [0.717, 1.165) is 5.75 Å². The number of hydrogen-bond donors (Lipinski definition) is 0. The van der Waals surface area contributed by atoms with Gasteiger partial charge in [-0.25, -0.2) is 0 Å². The van der Waals surface area contributed by atoms with Crippen molar-refractivity contribution in [3.63, 3.8) is 0 Å². The molecule has 0 heterocycles. The third kappa shape index (κ3) is 5.22. The molecule has 0 aliphatic heterocycles. The van der Waals surface area contributed by atoms with Gasteiger partial charge in [0.15, 0.2) is 0 Å². The van der Waals surface area contributed by atoms with Crippen LogP contribution >= 0.6 is 83.9 Å². The maximum atomic E-state index is 5.71. The Labute approximate surface area is 105 Å². The first-order valence-electron chi connectivity index (χ1n) is 2.73. The van der Waals surface area contributed by atoms with Crippen LogP contribution in [0.1, 0.15) is 6.92 Å². The molecule has 0 rings (SSSR count). The second kappa shape index (κ2) is 4.86. The standard InChI is InChI=1S/C4H5Cl6PS/c1-2-12-4(6)3(5)11(7,8,9)10/h2H2,1H3/b4-3+. The van der Waals surface area contributed by atoms with E-state index in [-0.39, 0.29) is 9.14 Å². The van der Waals surface area contributed by atoms with Crippen molar-refractivity contribution in [2.75, 3.05) is 5.75 Å². The topological polar surface area (TPSA) is 0 Å². The molecule has 0 aromatic carbocycles. The number of halogens is 6. The molecule has 12 heavy (non-hydrogen) atoms. The SMILES string of the molecule is CCS/C(Cl)=C(\Cl)P(Cl)(Cl)(Cl)Cl. The fraction of sp³-hybridized carbons (Fsp3) is 0.500. The molecule has 0 aromatic rings. The molecule has 0 fully saturated rings. The monoisotopic (exact) mass is 326 g/mol. The van der Waals surface area contributed by atoms with E-state index in [1.807, 2.05) is 6.92 Å². The number of rotatable bonds is 3. The van der Waals surface area contributed by atoms with Crippen molar-refractivity contribution in [1.29, 1.82) is 0 Å². The summed E-state index contributed by atoms with van der Waals surface area (Å²) in [6.45, 7) is 1.90. The molecule has 0 aliphatic carbocycles. The van der Waals surface area contributed by atoms with Crippen molar-refractivity contribution in [3.8, 4) is 0 Å². The molecule has 0 N–H and O–H groups in total. The van der Waals surface area contributed by atoms with Crippen LogP contribution in [-0.2, 0) is 0 Å². The van der Waals surface area contributed by atoms with Gasteiger partial charge in [0.2, 0.25) is 0 Å². The zero-order valence-corrected chi connectivity index (χ0v) is 12.1. The van der Waals surface area contributed by atoms with Crippen LogP contribution in [0.25, 0.3) is 0 Å². The fourth-order valence-corrected chi connectivity index (χ4v) is 4.83. The minimum atomic E-state index is -3.94. The summed E-state index contributed by atoms with van der Waals surface area (Å²) in [7, 11) is 0. The van der Waals surface area contributed by atoms with Crippen LogP contribution in [-0.4, -0.2) is 5.75 Å². The zero-order chi connectivity index (χ0) is 10.0. The average Bonchev–Trinajstić information content (AvgIpc) is 1.83. The van der Waals surface area contributed by atoms with E-state index >= 15 is 0 Å². The molecule has 0 saturated heterocycles. The summed E-state index contributed by atoms with van der Waals surface area (Å²) in [5.41, 5.74) is 0. The van der Waals surface area contributed by atoms with Gasteiger partial charge in [-0.1, -0.05) is 0 Å². The molecular formula is C4H5Cl6PS. The summed E-state index contributed by atoms with van der Waals surface area (Å²) in [5, 5.41) is 0. The molecule has 0 radical (unpaired) electrons. The van der Waals surface area contributed by atoms with Gasteiger partial charge in [0.05, 0.1) is 0 Å². The molecule has 0 unspecified atom stereocenters. The first kappa shape index (κ1) is 14.3. The Morgan fingerprint density at radius 1 is 1.17 bits per heavy atom. The van der Waals surface area contributed by atoms with Crippen LogP contribution in [0, 0.1) is 0 Å². The molecule has 0 amide bonds. The van der Waals surface area contributed by atoms with E-state index < -0.39 is 4.01 Å². The van der Waals surface area contributed by atoms with E-state index in [2.05, 4.69) is 0 Å². The summed E-state index contributed by atoms with van der Waals surface area (Å²) >= 11 is 35.1. The van der Waals surface area contributed by atoms with Crippen molar-refractivity contribution in [1.82, 2.24) is 0 Å². The third-order valence-corrected chi connectivity index (χ3v) is 7.57. The predicted molar refractivity (Wildman–Crippen MR) is 67.2 cm³/mol. The first-order valence-corrected chi connectivity index (χ1v) is 10.3. The van der Waals surface area contributed by atoms with E-state index in [1.165, 1.54) is 11.8 Å². The van der Waals surface area contributed by atoms with Gasteiger partial charge in [-0.3, -0.25) is 0 Å². The molecule has 0 aromatic heterocycles. The Kier molecular flexibility index (Phi) is 5.77. The number of thioether (sulfide) groups is 1. The van der Waals surface area contributed by atoms with Gasteiger partial charge in [-0.15, -0.1) is 0 Å². The van der Waals surface area contributed by atoms with Crippen LogP contribution in [0.3, 0.4) is 0 Å². The Morgan fingerprint density at radius 2 is 1.58 bits per heavy atom. The van der Waals surface area contributed by atoms with Crippen LogP contribution in [0.2, 0.25) is 0 Å². The van der Waals surface area contributed by atoms with Crippen LogP contribution in [0.15, 0.2) is 9.14 Å². The first-order chi connectivity index (χ1) is 5.15. The second-order valence-corrected chi connectivity index (χ2v) is 17.4. The summed E-state index contributed by atoms with van der Waals surface area (Å²) in [6.07, 6.45) is 0. The molecule has 0 spiro atoms. The average molecular weight is 329 g/mol. The van der Waals surface area contributed by atoms with Gasteiger partial charge in [0.1, 0.15) is 0 Å². The molecule has 74 valence electrons. The Hall–Kier alpha value is 2.26. The van der Waals surface area contributed by atoms with Crippen molar-refractivity contribution < 1.29 is 0 Å². The fourth-order valence-electron chi connectivity index (χ4n) is 0.319. The molecular weight excluding hydrogens is 324 g/mol. The number of hydrogen-bond acceptors (Lipinski definition) is 1. The Bertz CT molecular complexity index is 196. The molecule has 0 bridgehead atoms. The van der Waals surface area contributed by atoms with Gasteiger partial charge in [0, 0.05) is 0 Å². The van der Waals surface area contributed by atoms with Crippen LogP contribution in [0.5, 0.6) is 0 Å². The quantitative estimate of drug-likeness (QED) is 0.532. The van der Waals surface area contributed by atoms with Gasteiger partial charge in [-0.05, 0) is 0 Å². The molecule has 0 atom stereocenters. The third-order valence-electron chi connectivity index (χ3n) is 0.730. The van der Waals surface area contributed by atoms with E-state index in [1.54, 1.807) is 0 Å². The van der Waals surface area contributed by atoms with E-state index in [9.17, 15) is 0 Å². The summed E-state index contributed by atoms with van der Waals surface area (Å²) in [5.74, 6) is 0.739. The second-order valence-electron chi connectivity index (χ2n) is 1.72. The molecule has 0 saturated carbocycles. The van der Waals surface area contributed by atoms with Crippen molar-refractivity contribution in [2.24, 2.45) is 0 Å². The van der Waals surface area contributed by atoms with E-state index in [4.69, 9.17) is 68.2 Å². The van der Waals surface area contributed by atoms with Gasteiger partial charge < -0.3 is 0 Å². The minimum absolute atomic E-state index is 0.0683. The van der Waals surface area contributed by atoms with Crippen LogP contribution < -0.4 is 0 Å². The molecule has 0 nitrogen and oxygen atoms in total. The summed E-state index contributed by atoms with van der Waals surface area (Å²) < 4.78 is -3.77. The molecule has 8 heteroatoms. The summed E-state index contributed by atoms with van der Waals surface area (Å²) in [4.78, 5) is 0. The van der Waals surface area contributed by atoms with Crippen LogP contribution in [0.4, 0.5) is 0 Å². The van der Waals surface area contributed by atoms with Crippen molar-refractivity contribution in [3.05, 3.63) is 9.14 Å². The summed E-state index contributed by atoms with van der Waals surface area (Å²) in [6, 6.07) is 0. The Morgan fingerprint density at radius 3 is 1.83 bits per heavy atom.